The van der Waals surface area contributed by atoms with Crippen LogP contribution < -0.4 is 16.2 Å². The highest BCUT2D eigenvalue weighted by molar-refractivity contribution is 7.99. The first-order valence-corrected chi connectivity index (χ1v) is 13.3. The summed E-state index contributed by atoms with van der Waals surface area (Å²) >= 11 is 1.23. The Bertz CT molecular complexity index is 1540. The zero-order valence-electron chi connectivity index (χ0n) is 20.8. The Morgan fingerprint density at radius 2 is 1.78 bits per heavy atom. The molecule has 1 heterocycles. The van der Waals surface area contributed by atoms with Crippen molar-refractivity contribution in [3.05, 3.63) is 99.3 Å². The molecule has 5 rings (SSSR count). The van der Waals surface area contributed by atoms with Crippen LogP contribution in [0.15, 0.2) is 76.7 Å². The maximum Gasteiger partial charge on any atom is 0.262 e. The van der Waals surface area contributed by atoms with Gasteiger partial charge < -0.3 is 10.6 Å². The van der Waals surface area contributed by atoms with Crippen molar-refractivity contribution in [2.45, 2.75) is 44.4 Å². The van der Waals surface area contributed by atoms with Crippen LogP contribution >= 0.6 is 11.8 Å². The zero-order valence-corrected chi connectivity index (χ0v) is 21.6. The molecule has 1 aliphatic rings. The molecule has 1 saturated carbocycles. The summed E-state index contributed by atoms with van der Waals surface area (Å²) in [5, 5.41) is 6.92. The van der Waals surface area contributed by atoms with E-state index in [0.717, 1.165) is 35.2 Å². The monoisotopic (exact) mass is 512 g/mol. The number of aryl methyl sites for hydroxylation is 2. The molecule has 0 spiro atoms. The van der Waals surface area contributed by atoms with E-state index in [9.17, 15) is 14.4 Å². The first-order chi connectivity index (χ1) is 17.9. The van der Waals surface area contributed by atoms with Crippen LogP contribution in [0.4, 0.5) is 5.69 Å². The molecule has 1 fully saturated rings. The van der Waals surface area contributed by atoms with E-state index in [2.05, 4.69) is 10.6 Å². The van der Waals surface area contributed by atoms with Crippen molar-refractivity contribution >= 4 is 40.2 Å². The van der Waals surface area contributed by atoms with E-state index in [-0.39, 0.29) is 29.7 Å². The first kappa shape index (κ1) is 24.8. The van der Waals surface area contributed by atoms with Gasteiger partial charge in [-0.15, -0.1) is 0 Å². The van der Waals surface area contributed by atoms with E-state index in [0.29, 0.717) is 27.7 Å². The van der Waals surface area contributed by atoms with Crippen molar-refractivity contribution in [1.29, 1.82) is 0 Å². The number of fused-ring (bicyclic) bond motifs is 1. The molecular weight excluding hydrogens is 484 g/mol. The molecule has 0 bridgehead atoms. The highest BCUT2D eigenvalue weighted by Gasteiger charge is 2.23. The molecule has 0 unspecified atom stereocenters. The number of thioether (sulfide) groups is 1. The molecule has 2 N–H and O–H groups in total. The maximum atomic E-state index is 13.4. The van der Waals surface area contributed by atoms with E-state index in [1.807, 2.05) is 56.3 Å². The van der Waals surface area contributed by atoms with E-state index in [1.165, 1.54) is 11.8 Å². The fourth-order valence-corrected chi connectivity index (χ4v) is 4.91. The number of benzene rings is 3. The van der Waals surface area contributed by atoms with Crippen LogP contribution in [0.25, 0.3) is 10.9 Å². The van der Waals surface area contributed by atoms with Gasteiger partial charge in [-0.3, -0.25) is 19.0 Å². The lowest BCUT2D eigenvalue weighted by molar-refractivity contribution is -0.113. The molecule has 3 aromatic carbocycles. The summed E-state index contributed by atoms with van der Waals surface area (Å²) < 4.78 is 1.59. The quantitative estimate of drug-likeness (QED) is 0.264. The summed E-state index contributed by atoms with van der Waals surface area (Å²) in [5.74, 6) is -0.139. The number of anilines is 1. The summed E-state index contributed by atoms with van der Waals surface area (Å²) in [6, 6.07) is 20.6. The molecule has 188 valence electrons. The minimum atomic E-state index is -0.170. The number of amides is 2. The number of carbonyl (C=O) groups is 2. The molecule has 1 aliphatic carbocycles. The van der Waals surface area contributed by atoms with E-state index in [4.69, 9.17) is 4.98 Å². The lowest BCUT2D eigenvalue weighted by atomic mass is 10.1. The number of rotatable bonds is 8. The SMILES string of the molecule is Cc1ccc(NC(=O)CSc2nc3ccccc3c(=O)n2Cc2ccc(C(=O)NC3CC3)cc2)c(C)c1. The predicted octanol–water partition coefficient (Wildman–Crippen LogP) is 4.68. The van der Waals surface area contributed by atoms with E-state index < -0.39 is 0 Å². The fraction of sp³-hybridized carbons (Fsp3) is 0.241. The van der Waals surface area contributed by atoms with Gasteiger partial charge in [0, 0.05) is 17.3 Å². The van der Waals surface area contributed by atoms with Gasteiger partial charge in [0.2, 0.25) is 5.91 Å². The Kier molecular flexibility index (Phi) is 7.10. The number of nitrogens with zero attached hydrogens (tertiary/aromatic N) is 2. The van der Waals surface area contributed by atoms with Gasteiger partial charge in [-0.25, -0.2) is 4.98 Å². The van der Waals surface area contributed by atoms with Crippen LogP contribution in [0.5, 0.6) is 0 Å². The fourth-order valence-electron chi connectivity index (χ4n) is 4.11. The van der Waals surface area contributed by atoms with Crippen molar-refractivity contribution in [3.8, 4) is 0 Å². The van der Waals surface area contributed by atoms with Crippen LogP contribution in [-0.4, -0.2) is 33.2 Å². The number of para-hydroxylation sites is 1. The number of hydrogen-bond acceptors (Lipinski definition) is 5. The molecule has 4 aromatic rings. The number of hydrogen-bond donors (Lipinski definition) is 2. The zero-order chi connectivity index (χ0) is 25.9. The van der Waals surface area contributed by atoms with E-state index >= 15 is 0 Å². The van der Waals surface area contributed by atoms with Gasteiger partial charge in [0.15, 0.2) is 5.16 Å². The Balaban J connectivity index is 1.36. The number of carbonyl (C=O) groups excluding carboxylic acids is 2. The minimum absolute atomic E-state index is 0.0790. The normalized spacial score (nSPS) is 12.9. The van der Waals surface area contributed by atoms with Crippen LogP contribution in [0.1, 0.15) is 39.9 Å². The van der Waals surface area contributed by atoms with Crippen molar-refractivity contribution in [2.75, 3.05) is 11.1 Å². The molecule has 0 saturated heterocycles. The van der Waals surface area contributed by atoms with Gasteiger partial charge in [0.05, 0.1) is 23.2 Å². The average molecular weight is 513 g/mol. The second kappa shape index (κ2) is 10.6. The van der Waals surface area contributed by atoms with Crippen LogP contribution in [0.3, 0.4) is 0 Å². The summed E-state index contributed by atoms with van der Waals surface area (Å²) in [5.41, 5.74) is 4.78. The summed E-state index contributed by atoms with van der Waals surface area (Å²) in [6.07, 6.45) is 2.07. The van der Waals surface area contributed by atoms with Gasteiger partial charge in [0.25, 0.3) is 11.5 Å². The molecule has 0 atom stereocenters. The van der Waals surface area contributed by atoms with Gasteiger partial charge in [-0.1, -0.05) is 53.7 Å². The second-order valence-corrected chi connectivity index (χ2v) is 10.3. The van der Waals surface area contributed by atoms with Gasteiger partial charge in [-0.2, -0.15) is 0 Å². The Hall–Kier alpha value is -3.91. The number of aromatic nitrogens is 2. The highest BCUT2D eigenvalue weighted by Crippen LogP contribution is 2.22. The van der Waals surface area contributed by atoms with Crippen molar-refractivity contribution in [3.63, 3.8) is 0 Å². The maximum absolute atomic E-state index is 13.4. The van der Waals surface area contributed by atoms with Crippen molar-refractivity contribution < 1.29 is 9.59 Å². The summed E-state index contributed by atoms with van der Waals surface area (Å²) in [4.78, 5) is 43.2. The second-order valence-electron chi connectivity index (χ2n) is 9.40. The average Bonchev–Trinajstić information content (AvgIpc) is 3.71. The Labute approximate surface area is 219 Å². The third-order valence-corrected chi connectivity index (χ3v) is 7.26. The first-order valence-electron chi connectivity index (χ1n) is 12.3. The third-order valence-electron chi connectivity index (χ3n) is 6.28. The van der Waals surface area contributed by atoms with Crippen LogP contribution in [0, 0.1) is 13.8 Å². The molecule has 7 nitrogen and oxygen atoms in total. The lowest BCUT2D eigenvalue weighted by Crippen LogP contribution is -2.26. The molecule has 0 radical (unpaired) electrons. The lowest BCUT2D eigenvalue weighted by Gasteiger charge is -2.14. The number of nitrogens with one attached hydrogen (secondary N) is 2. The van der Waals surface area contributed by atoms with Crippen molar-refractivity contribution in [2.24, 2.45) is 0 Å². The largest absolute Gasteiger partial charge is 0.349 e. The topological polar surface area (TPSA) is 93.1 Å². The Morgan fingerprint density at radius 1 is 1.03 bits per heavy atom. The molecule has 1 aromatic heterocycles. The molecule has 2 amide bonds. The van der Waals surface area contributed by atoms with Crippen LogP contribution in [0.2, 0.25) is 0 Å². The molecule has 8 heteroatoms. The molecular formula is C29H28N4O3S. The van der Waals surface area contributed by atoms with Gasteiger partial charge in [-0.05, 0) is 68.1 Å². The smallest absolute Gasteiger partial charge is 0.262 e. The minimum Gasteiger partial charge on any atom is -0.349 e. The predicted molar refractivity (Wildman–Crippen MR) is 147 cm³/mol. The molecule has 37 heavy (non-hydrogen) atoms. The summed E-state index contributed by atoms with van der Waals surface area (Å²) in [6.45, 7) is 4.25. The van der Waals surface area contributed by atoms with Gasteiger partial charge >= 0.3 is 0 Å². The third kappa shape index (κ3) is 5.91. The summed E-state index contributed by atoms with van der Waals surface area (Å²) in [7, 11) is 0. The van der Waals surface area contributed by atoms with Gasteiger partial charge in [0.1, 0.15) is 0 Å². The van der Waals surface area contributed by atoms with E-state index in [1.54, 1.807) is 28.8 Å². The van der Waals surface area contributed by atoms with Crippen LogP contribution in [-0.2, 0) is 11.3 Å². The van der Waals surface area contributed by atoms with Crippen molar-refractivity contribution in [1.82, 2.24) is 14.9 Å². The highest BCUT2D eigenvalue weighted by atomic mass is 32.2. The Morgan fingerprint density at radius 3 is 2.51 bits per heavy atom. The molecule has 0 aliphatic heterocycles. The standard InChI is InChI=1S/C29H28N4O3S/c1-18-7-14-24(19(2)15-18)31-26(34)17-37-29-32-25-6-4-3-5-23(25)28(36)33(29)16-20-8-10-21(11-9-20)27(35)30-22-12-13-22/h3-11,14-15,22H,12-13,16-17H2,1-2H3,(H,30,35)(H,31,34).